The lowest BCUT2D eigenvalue weighted by atomic mass is 10.1. The van der Waals surface area contributed by atoms with Crippen molar-refractivity contribution < 1.29 is 32.0 Å². The fourth-order valence-corrected chi connectivity index (χ4v) is 3.59. The number of alkyl halides is 3. The van der Waals surface area contributed by atoms with E-state index in [9.17, 15) is 18.0 Å². The fraction of sp³-hybridized carbons (Fsp3) is 0.348. The number of carbonyl (C=O) groups is 1. The smallest absolute Gasteiger partial charge is 0.494 e. The van der Waals surface area contributed by atoms with Crippen LogP contribution in [0.2, 0.25) is 0 Å². The summed E-state index contributed by atoms with van der Waals surface area (Å²) in [5.41, 5.74) is 1.41. The first kappa shape index (κ1) is 22.6. The minimum Gasteiger partial charge on any atom is -0.494 e. The molecule has 1 fully saturated rings. The second kappa shape index (κ2) is 9.51. The maximum Gasteiger partial charge on any atom is 0.573 e. The van der Waals surface area contributed by atoms with Gasteiger partial charge in [-0.3, -0.25) is 4.79 Å². The monoisotopic (exact) mass is 461 g/mol. The number of hydrogen-bond donors (Lipinski definition) is 0. The molecule has 1 aliphatic heterocycles. The third kappa shape index (κ3) is 5.63. The molecule has 1 aliphatic rings. The summed E-state index contributed by atoms with van der Waals surface area (Å²) < 4.78 is 52.0. The number of halogens is 3. The topological polar surface area (TPSA) is 77.7 Å². The Bertz CT molecular complexity index is 1080. The first-order valence-electron chi connectivity index (χ1n) is 10.5. The molecule has 1 amide bonds. The second-order valence-electron chi connectivity index (χ2n) is 7.60. The van der Waals surface area contributed by atoms with Crippen LogP contribution in [0.15, 0.2) is 53.1 Å². The van der Waals surface area contributed by atoms with Crippen molar-refractivity contribution in [2.24, 2.45) is 0 Å². The average Bonchev–Trinajstić information content (AvgIpc) is 3.40. The Morgan fingerprint density at radius 3 is 2.45 bits per heavy atom. The van der Waals surface area contributed by atoms with Crippen molar-refractivity contribution in [1.29, 1.82) is 0 Å². The highest BCUT2D eigenvalue weighted by Crippen LogP contribution is 2.34. The van der Waals surface area contributed by atoms with Gasteiger partial charge in [0, 0.05) is 18.5 Å². The van der Waals surface area contributed by atoms with Crippen molar-refractivity contribution in [1.82, 2.24) is 15.0 Å². The van der Waals surface area contributed by atoms with Crippen LogP contribution in [0.3, 0.4) is 0 Å². The van der Waals surface area contributed by atoms with Crippen LogP contribution >= 0.6 is 0 Å². The maximum absolute atomic E-state index is 12.5. The molecule has 0 bridgehead atoms. The minimum absolute atomic E-state index is 0.0900. The SMILES string of the molecule is CCCOc1ccc(-c2noc(C3CCC(=O)N3Cc3ccc(OC(F)(F)F)cc3)n2)cc1. The van der Waals surface area contributed by atoms with Crippen LogP contribution < -0.4 is 9.47 Å². The van der Waals surface area contributed by atoms with Crippen molar-refractivity contribution >= 4 is 5.91 Å². The zero-order chi connectivity index (χ0) is 23.4. The summed E-state index contributed by atoms with van der Waals surface area (Å²) in [7, 11) is 0. The Morgan fingerprint density at radius 2 is 1.79 bits per heavy atom. The number of rotatable bonds is 8. The minimum atomic E-state index is -4.75. The highest BCUT2D eigenvalue weighted by molar-refractivity contribution is 5.78. The van der Waals surface area contributed by atoms with Crippen LogP contribution in [0.1, 0.15) is 43.7 Å². The molecule has 2 aromatic carbocycles. The van der Waals surface area contributed by atoms with Crippen molar-refractivity contribution in [3.05, 3.63) is 60.0 Å². The number of aromatic nitrogens is 2. The van der Waals surface area contributed by atoms with Gasteiger partial charge in [0.25, 0.3) is 0 Å². The van der Waals surface area contributed by atoms with Gasteiger partial charge in [-0.1, -0.05) is 24.2 Å². The Balaban J connectivity index is 1.45. The molecule has 2 heterocycles. The van der Waals surface area contributed by atoms with E-state index in [-0.39, 0.29) is 18.2 Å². The van der Waals surface area contributed by atoms with Gasteiger partial charge in [0.1, 0.15) is 17.5 Å². The molecule has 0 radical (unpaired) electrons. The first-order valence-corrected chi connectivity index (χ1v) is 10.5. The lowest BCUT2D eigenvalue weighted by Gasteiger charge is -2.22. The predicted octanol–water partition coefficient (Wildman–Crippen LogP) is 5.29. The van der Waals surface area contributed by atoms with Gasteiger partial charge in [-0.2, -0.15) is 4.98 Å². The van der Waals surface area contributed by atoms with Crippen LogP contribution in [-0.2, 0) is 11.3 Å². The fourth-order valence-electron chi connectivity index (χ4n) is 3.59. The molecule has 1 saturated heterocycles. The molecule has 1 aromatic heterocycles. The number of likely N-dealkylation sites (tertiary alicyclic amines) is 1. The van der Waals surface area contributed by atoms with Gasteiger partial charge in [0.05, 0.1) is 6.61 Å². The molecule has 10 heteroatoms. The Kier molecular flexibility index (Phi) is 6.52. The molecular weight excluding hydrogens is 439 g/mol. The van der Waals surface area contributed by atoms with Crippen molar-refractivity contribution in [2.45, 2.75) is 45.1 Å². The van der Waals surface area contributed by atoms with Gasteiger partial charge >= 0.3 is 6.36 Å². The molecular formula is C23H22F3N3O4. The molecule has 3 aromatic rings. The predicted molar refractivity (Wildman–Crippen MR) is 111 cm³/mol. The van der Waals surface area contributed by atoms with Gasteiger partial charge in [-0.15, -0.1) is 13.2 Å². The molecule has 0 aliphatic carbocycles. The summed E-state index contributed by atoms with van der Waals surface area (Å²) in [5, 5.41) is 4.05. The molecule has 7 nitrogen and oxygen atoms in total. The van der Waals surface area contributed by atoms with Crippen LogP contribution in [0.25, 0.3) is 11.4 Å². The summed E-state index contributed by atoms with van der Waals surface area (Å²) in [5.74, 6) is 1.07. The van der Waals surface area contributed by atoms with Crippen molar-refractivity contribution in [2.75, 3.05) is 6.61 Å². The standard InChI is InChI=1S/C23H22F3N3O4/c1-2-13-31-17-9-5-16(6-10-17)21-27-22(33-28-21)19-11-12-20(30)29(19)14-15-3-7-18(8-4-15)32-23(24,25)26/h3-10,19H,2,11-14H2,1H3. The van der Waals surface area contributed by atoms with Crippen LogP contribution in [-0.4, -0.2) is 33.9 Å². The highest BCUT2D eigenvalue weighted by Gasteiger charge is 2.36. The highest BCUT2D eigenvalue weighted by atomic mass is 19.4. The van der Waals surface area contributed by atoms with E-state index in [1.165, 1.54) is 24.3 Å². The number of benzene rings is 2. The molecule has 1 atom stereocenters. The summed E-state index contributed by atoms with van der Waals surface area (Å²) in [6, 6.07) is 12.3. The van der Waals surface area contributed by atoms with E-state index >= 15 is 0 Å². The van der Waals surface area contributed by atoms with Gasteiger partial charge in [0.15, 0.2) is 0 Å². The number of carbonyl (C=O) groups excluding carboxylic acids is 1. The molecule has 4 rings (SSSR count). The third-order valence-corrected chi connectivity index (χ3v) is 5.15. The Morgan fingerprint density at radius 1 is 1.09 bits per heavy atom. The van der Waals surface area contributed by atoms with E-state index in [0.29, 0.717) is 36.7 Å². The van der Waals surface area contributed by atoms with Crippen LogP contribution in [0, 0.1) is 0 Å². The van der Waals surface area contributed by atoms with Crippen LogP contribution in [0.5, 0.6) is 11.5 Å². The van der Waals surface area contributed by atoms with Gasteiger partial charge in [-0.25, -0.2) is 0 Å². The number of amides is 1. The third-order valence-electron chi connectivity index (χ3n) is 5.15. The molecule has 0 N–H and O–H groups in total. The largest absolute Gasteiger partial charge is 0.573 e. The number of ether oxygens (including phenoxy) is 2. The molecule has 0 spiro atoms. The average molecular weight is 461 g/mol. The van der Waals surface area contributed by atoms with Crippen molar-refractivity contribution in [3.63, 3.8) is 0 Å². The first-order chi connectivity index (χ1) is 15.8. The van der Waals surface area contributed by atoms with E-state index in [0.717, 1.165) is 17.7 Å². The Labute approximate surface area is 188 Å². The van der Waals surface area contributed by atoms with E-state index in [1.54, 1.807) is 4.90 Å². The number of nitrogens with zero attached hydrogens (tertiary/aromatic N) is 3. The summed E-state index contributed by atoms with van der Waals surface area (Å²) >= 11 is 0. The second-order valence-corrected chi connectivity index (χ2v) is 7.60. The lowest BCUT2D eigenvalue weighted by molar-refractivity contribution is -0.274. The van der Waals surface area contributed by atoms with Gasteiger partial charge in [0.2, 0.25) is 17.6 Å². The van der Waals surface area contributed by atoms with Crippen LogP contribution in [0.4, 0.5) is 13.2 Å². The van der Waals surface area contributed by atoms with E-state index in [1.807, 2.05) is 31.2 Å². The molecule has 174 valence electrons. The van der Waals surface area contributed by atoms with E-state index in [4.69, 9.17) is 9.26 Å². The molecule has 33 heavy (non-hydrogen) atoms. The van der Waals surface area contributed by atoms with E-state index in [2.05, 4.69) is 14.9 Å². The normalized spacial score (nSPS) is 16.3. The zero-order valence-electron chi connectivity index (χ0n) is 17.8. The molecule has 1 unspecified atom stereocenters. The summed E-state index contributed by atoms with van der Waals surface area (Å²) in [4.78, 5) is 18.5. The zero-order valence-corrected chi connectivity index (χ0v) is 17.8. The quantitative estimate of drug-likeness (QED) is 0.454. The van der Waals surface area contributed by atoms with Gasteiger partial charge < -0.3 is 18.9 Å². The molecule has 0 saturated carbocycles. The van der Waals surface area contributed by atoms with Crippen molar-refractivity contribution in [3.8, 4) is 22.9 Å². The summed E-state index contributed by atoms with van der Waals surface area (Å²) in [6.45, 7) is 2.87. The van der Waals surface area contributed by atoms with E-state index < -0.39 is 12.4 Å². The maximum atomic E-state index is 12.5. The summed E-state index contributed by atoms with van der Waals surface area (Å²) in [6.07, 6.45) is -3.01. The Hall–Kier alpha value is -3.56. The lowest BCUT2D eigenvalue weighted by Crippen LogP contribution is -2.27. The van der Waals surface area contributed by atoms with Gasteiger partial charge in [-0.05, 0) is 54.8 Å². The number of hydrogen-bond acceptors (Lipinski definition) is 6.